The molecule has 0 atom stereocenters. The van der Waals surface area contributed by atoms with Gasteiger partial charge >= 0.3 is 0 Å². The van der Waals surface area contributed by atoms with Crippen LogP contribution in [0.2, 0.25) is 0 Å². The summed E-state index contributed by atoms with van der Waals surface area (Å²) in [4.78, 5) is 22.8. The molecular formula is C16H20N6OS. The van der Waals surface area contributed by atoms with Gasteiger partial charge in [-0.1, -0.05) is 18.7 Å². The molecule has 0 saturated carbocycles. The summed E-state index contributed by atoms with van der Waals surface area (Å²) in [6, 6.07) is 5.45. The number of nitrogens with one attached hydrogen (secondary N) is 1. The molecule has 2 aromatic heterocycles. The predicted molar refractivity (Wildman–Crippen MR) is 94.0 cm³/mol. The first-order valence-electron chi connectivity index (χ1n) is 7.98. The summed E-state index contributed by atoms with van der Waals surface area (Å²) in [5, 5.41) is 11.3. The lowest BCUT2D eigenvalue weighted by molar-refractivity contribution is -0.113. The monoisotopic (exact) mass is 344 g/mol. The minimum absolute atomic E-state index is 0.123. The first kappa shape index (κ1) is 16.6. The van der Waals surface area contributed by atoms with Gasteiger partial charge in [0.15, 0.2) is 0 Å². The second-order valence-corrected chi connectivity index (χ2v) is 6.83. The fourth-order valence-electron chi connectivity index (χ4n) is 2.51. The van der Waals surface area contributed by atoms with Gasteiger partial charge in [-0.25, -0.2) is 9.97 Å². The van der Waals surface area contributed by atoms with Gasteiger partial charge in [0, 0.05) is 25.4 Å². The third kappa shape index (κ3) is 4.64. The average Bonchev–Trinajstić information content (AvgIpc) is 2.62. The number of carbonyl (C=O) groups excluding carboxylic acids is 1. The summed E-state index contributed by atoms with van der Waals surface area (Å²) >= 11 is 1.34. The number of nitrogens with zero attached hydrogens (tertiary/aromatic N) is 5. The molecule has 0 spiro atoms. The van der Waals surface area contributed by atoms with Crippen molar-refractivity contribution in [2.24, 2.45) is 5.92 Å². The number of anilines is 2. The van der Waals surface area contributed by atoms with Crippen LogP contribution in [0.3, 0.4) is 0 Å². The Kier molecular flexibility index (Phi) is 5.58. The second-order valence-electron chi connectivity index (χ2n) is 5.83. The summed E-state index contributed by atoms with van der Waals surface area (Å²) in [7, 11) is 0. The van der Waals surface area contributed by atoms with E-state index in [4.69, 9.17) is 0 Å². The summed E-state index contributed by atoms with van der Waals surface area (Å²) in [6.45, 7) is 4.26. The van der Waals surface area contributed by atoms with Crippen LogP contribution in [0.4, 0.5) is 11.6 Å². The molecular weight excluding hydrogens is 324 g/mol. The van der Waals surface area contributed by atoms with E-state index < -0.39 is 0 Å². The SMILES string of the molecule is CC1CCN(c2cc(NC(=O)CSc3cccnn3)ncn2)CC1. The molecule has 1 N–H and O–H groups in total. The van der Waals surface area contributed by atoms with Crippen molar-refractivity contribution >= 4 is 29.3 Å². The summed E-state index contributed by atoms with van der Waals surface area (Å²) in [5.41, 5.74) is 0. The van der Waals surface area contributed by atoms with Crippen LogP contribution in [-0.4, -0.2) is 44.9 Å². The standard InChI is InChI=1S/C16H20N6OS/c1-12-4-7-22(8-5-12)14-9-13(17-11-18-14)20-15(23)10-24-16-3-2-6-19-21-16/h2-3,6,9,11-12H,4-5,7-8,10H2,1H3,(H,17,18,20,23). The lowest BCUT2D eigenvalue weighted by Crippen LogP contribution is -2.33. The zero-order valence-corrected chi connectivity index (χ0v) is 14.4. The number of carbonyl (C=O) groups is 1. The van der Waals surface area contributed by atoms with Crippen molar-refractivity contribution in [3.63, 3.8) is 0 Å². The van der Waals surface area contributed by atoms with Crippen molar-refractivity contribution in [1.29, 1.82) is 0 Å². The molecule has 0 radical (unpaired) electrons. The molecule has 0 bridgehead atoms. The molecule has 0 unspecified atom stereocenters. The molecule has 0 aromatic carbocycles. The lowest BCUT2D eigenvalue weighted by Gasteiger charge is -2.31. The summed E-state index contributed by atoms with van der Waals surface area (Å²) < 4.78 is 0. The van der Waals surface area contributed by atoms with Gasteiger partial charge in [0.2, 0.25) is 5.91 Å². The van der Waals surface area contributed by atoms with Crippen molar-refractivity contribution in [2.45, 2.75) is 24.8 Å². The van der Waals surface area contributed by atoms with E-state index in [-0.39, 0.29) is 11.7 Å². The number of hydrogen-bond acceptors (Lipinski definition) is 7. The van der Waals surface area contributed by atoms with Crippen molar-refractivity contribution in [2.75, 3.05) is 29.1 Å². The molecule has 1 aliphatic heterocycles. The van der Waals surface area contributed by atoms with Gasteiger partial charge in [-0.05, 0) is 30.9 Å². The molecule has 7 nitrogen and oxygen atoms in total. The van der Waals surface area contributed by atoms with Gasteiger partial charge in [-0.15, -0.1) is 5.10 Å². The molecule has 1 saturated heterocycles. The third-order valence-corrected chi connectivity index (χ3v) is 4.85. The maximum atomic E-state index is 12.1. The quantitative estimate of drug-likeness (QED) is 0.833. The summed E-state index contributed by atoms with van der Waals surface area (Å²) in [5.74, 6) is 2.30. The fourth-order valence-corrected chi connectivity index (χ4v) is 3.14. The van der Waals surface area contributed by atoms with E-state index in [1.165, 1.54) is 30.9 Å². The molecule has 24 heavy (non-hydrogen) atoms. The number of aromatic nitrogens is 4. The number of amides is 1. The number of piperidine rings is 1. The normalized spacial score (nSPS) is 15.3. The maximum absolute atomic E-state index is 12.1. The molecule has 3 heterocycles. The minimum atomic E-state index is -0.123. The molecule has 8 heteroatoms. The topological polar surface area (TPSA) is 83.9 Å². The third-order valence-electron chi connectivity index (χ3n) is 3.93. The average molecular weight is 344 g/mol. The van der Waals surface area contributed by atoms with Gasteiger partial charge in [0.05, 0.1) is 5.75 Å². The van der Waals surface area contributed by atoms with Crippen LogP contribution in [0.1, 0.15) is 19.8 Å². The molecule has 2 aromatic rings. The molecule has 0 aliphatic carbocycles. The Morgan fingerprint density at radius 2 is 2.21 bits per heavy atom. The van der Waals surface area contributed by atoms with E-state index in [2.05, 4.69) is 37.3 Å². The Balaban J connectivity index is 1.55. The van der Waals surface area contributed by atoms with Crippen LogP contribution in [0.25, 0.3) is 0 Å². The zero-order valence-electron chi connectivity index (χ0n) is 13.6. The smallest absolute Gasteiger partial charge is 0.235 e. The van der Waals surface area contributed by atoms with Crippen molar-refractivity contribution in [3.8, 4) is 0 Å². The Labute approximate surface area is 145 Å². The number of thioether (sulfide) groups is 1. The highest BCUT2D eigenvalue weighted by Crippen LogP contribution is 2.22. The van der Waals surface area contributed by atoms with Gasteiger partial charge in [-0.2, -0.15) is 5.10 Å². The molecule has 1 fully saturated rings. The van der Waals surface area contributed by atoms with Crippen LogP contribution >= 0.6 is 11.8 Å². The van der Waals surface area contributed by atoms with Crippen LogP contribution in [-0.2, 0) is 4.79 Å². The Morgan fingerprint density at radius 3 is 2.96 bits per heavy atom. The van der Waals surface area contributed by atoms with Gasteiger partial charge < -0.3 is 10.2 Å². The lowest BCUT2D eigenvalue weighted by atomic mass is 9.99. The van der Waals surface area contributed by atoms with Crippen LogP contribution < -0.4 is 10.2 Å². The van der Waals surface area contributed by atoms with E-state index >= 15 is 0 Å². The van der Waals surface area contributed by atoms with Gasteiger partial charge in [-0.3, -0.25) is 4.79 Å². The molecule has 3 rings (SSSR count). The highest BCUT2D eigenvalue weighted by atomic mass is 32.2. The van der Waals surface area contributed by atoms with Gasteiger partial charge in [0.1, 0.15) is 23.0 Å². The van der Waals surface area contributed by atoms with Crippen LogP contribution in [0.15, 0.2) is 35.7 Å². The number of hydrogen-bond donors (Lipinski definition) is 1. The highest BCUT2D eigenvalue weighted by molar-refractivity contribution is 7.99. The largest absolute Gasteiger partial charge is 0.356 e. The first-order chi connectivity index (χ1) is 11.7. The maximum Gasteiger partial charge on any atom is 0.235 e. The number of rotatable bonds is 5. The van der Waals surface area contributed by atoms with E-state index in [0.717, 1.165) is 29.9 Å². The first-order valence-corrected chi connectivity index (χ1v) is 8.96. The molecule has 126 valence electrons. The van der Waals surface area contributed by atoms with Gasteiger partial charge in [0.25, 0.3) is 0 Å². The highest BCUT2D eigenvalue weighted by Gasteiger charge is 2.17. The van der Waals surface area contributed by atoms with Crippen molar-refractivity contribution < 1.29 is 4.79 Å². The Hall–Kier alpha value is -2.22. The fraction of sp³-hybridized carbons (Fsp3) is 0.438. The second kappa shape index (κ2) is 8.05. The minimum Gasteiger partial charge on any atom is -0.356 e. The predicted octanol–water partition coefficient (Wildman–Crippen LogP) is 2.23. The Morgan fingerprint density at radius 1 is 1.38 bits per heavy atom. The van der Waals surface area contributed by atoms with Crippen molar-refractivity contribution in [1.82, 2.24) is 20.2 Å². The van der Waals surface area contributed by atoms with E-state index in [1.54, 1.807) is 12.3 Å². The van der Waals surface area contributed by atoms with E-state index in [1.807, 2.05) is 12.1 Å². The molecule has 1 aliphatic rings. The van der Waals surface area contributed by atoms with E-state index in [9.17, 15) is 4.79 Å². The summed E-state index contributed by atoms with van der Waals surface area (Å²) in [6.07, 6.45) is 5.44. The Bertz CT molecular complexity index is 675. The van der Waals surface area contributed by atoms with Crippen molar-refractivity contribution in [3.05, 3.63) is 30.7 Å². The molecule has 1 amide bonds. The van der Waals surface area contributed by atoms with E-state index in [0.29, 0.717) is 5.82 Å². The van der Waals surface area contributed by atoms with Crippen LogP contribution in [0.5, 0.6) is 0 Å². The zero-order chi connectivity index (χ0) is 16.8. The van der Waals surface area contributed by atoms with Crippen LogP contribution in [0, 0.1) is 5.92 Å².